The van der Waals surface area contributed by atoms with Crippen LogP contribution in [-0.2, 0) is 4.74 Å². The number of fused-ring (bicyclic) bond motifs is 1. The molecule has 0 unspecified atom stereocenters. The maximum atomic E-state index is 14.2. The fourth-order valence-corrected chi connectivity index (χ4v) is 2.85. The summed E-state index contributed by atoms with van der Waals surface area (Å²) < 4.78 is 24.8. The zero-order chi connectivity index (χ0) is 19.6. The van der Waals surface area contributed by atoms with Crippen molar-refractivity contribution < 1.29 is 18.7 Å². The van der Waals surface area contributed by atoms with E-state index in [2.05, 4.69) is 15.3 Å². The summed E-state index contributed by atoms with van der Waals surface area (Å²) in [4.78, 5) is 19.5. The van der Waals surface area contributed by atoms with Crippen molar-refractivity contribution in [2.75, 3.05) is 18.5 Å². The lowest BCUT2D eigenvalue weighted by atomic mass is 10.1. The van der Waals surface area contributed by atoms with Gasteiger partial charge in [-0.25, -0.2) is 14.2 Å². The highest BCUT2D eigenvalue weighted by atomic mass is 35.5. The number of hydrogen-bond donors (Lipinski definition) is 2. The number of esters is 1. The van der Waals surface area contributed by atoms with Crippen molar-refractivity contribution in [2.24, 2.45) is 0 Å². The molecule has 0 saturated heterocycles. The quantitative estimate of drug-likeness (QED) is 0.423. The number of H-pyrrole nitrogens is 1. The number of halogens is 3. The Morgan fingerprint density at radius 1 is 1.22 bits per heavy atom. The van der Waals surface area contributed by atoms with Gasteiger partial charge in [0.05, 0.1) is 40.0 Å². The zero-order valence-electron chi connectivity index (χ0n) is 14.5. The number of hydrogen-bond acceptors (Lipinski definition) is 5. The fraction of sp³-hybridized carbons (Fsp3) is 0.222. The normalized spacial score (nSPS) is 10.9. The molecule has 2 N–H and O–H groups in total. The number of benzene rings is 2. The fourth-order valence-electron chi connectivity index (χ4n) is 2.50. The molecule has 0 aliphatic rings. The van der Waals surface area contributed by atoms with Gasteiger partial charge in [0.25, 0.3) is 0 Å². The van der Waals surface area contributed by atoms with Crippen LogP contribution >= 0.6 is 23.2 Å². The van der Waals surface area contributed by atoms with E-state index in [4.69, 9.17) is 32.7 Å². The predicted octanol–water partition coefficient (Wildman–Crippen LogP) is 5.33. The second-order valence-corrected chi connectivity index (χ2v) is 6.26. The maximum absolute atomic E-state index is 14.2. The number of aromatic amines is 1. The topological polar surface area (TPSA) is 76.2 Å². The molecule has 1 aromatic heterocycles. The van der Waals surface area contributed by atoms with E-state index in [1.54, 1.807) is 26.0 Å². The lowest BCUT2D eigenvalue weighted by molar-refractivity contribution is 0.0522. The molecule has 0 spiro atoms. The molecule has 9 heteroatoms. The molecule has 0 fully saturated rings. The summed E-state index contributed by atoms with van der Waals surface area (Å²) in [5, 5.41) is 2.87. The summed E-state index contributed by atoms with van der Waals surface area (Å²) in [6.07, 6.45) is 0. The molecule has 1 heterocycles. The summed E-state index contributed by atoms with van der Waals surface area (Å²) in [5.74, 6) is -0.604. The van der Waals surface area contributed by atoms with Gasteiger partial charge in [-0.05, 0) is 32.0 Å². The molecule has 3 aromatic rings. The third-order valence-electron chi connectivity index (χ3n) is 3.67. The molecule has 3 rings (SSSR count). The van der Waals surface area contributed by atoms with Gasteiger partial charge in [-0.3, -0.25) is 0 Å². The van der Waals surface area contributed by atoms with Crippen LogP contribution in [0, 0.1) is 5.82 Å². The summed E-state index contributed by atoms with van der Waals surface area (Å²) >= 11 is 11.8. The van der Waals surface area contributed by atoms with Crippen molar-refractivity contribution in [1.29, 1.82) is 0 Å². The van der Waals surface area contributed by atoms with Crippen LogP contribution in [0.2, 0.25) is 10.0 Å². The van der Waals surface area contributed by atoms with Crippen molar-refractivity contribution in [2.45, 2.75) is 13.8 Å². The van der Waals surface area contributed by atoms with Crippen LogP contribution in [0.1, 0.15) is 24.2 Å². The largest absolute Gasteiger partial charge is 0.493 e. The number of ether oxygens (including phenoxy) is 2. The SMILES string of the molecule is CCOC(=O)c1cc2[nH]c(Nc3c(Cl)ccc(Cl)c3F)nc2cc1OCC. The lowest BCUT2D eigenvalue weighted by Gasteiger charge is -2.09. The number of rotatable bonds is 6. The Bertz CT molecular complexity index is 1010. The Labute approximate surface area is 164 Å². The van der Waals surface area contributed by atoms with E-state index < -0.39 is 11.8 Å². The number of aromatic nitrogens is 2. The number of anilines is 2. The standard InChI is InChI=1S/C18H16Cl2FN3O3/c1-3-26-14-8-13-12(7-9(14)17(25)27-4-2)22-18(23-13)24-16-11(20)6-5-10(19)15(16)21/h5-8H,3-4H2,1-2H3,(H2,22,23,24). The number of carbonyl (C=O) groups excluding carboxylic acids is 1. The highest BCUT2D eigenvalue weighted by Crippen LogP contribution is 2.33. The van der Waals surface area contributed by atoms with Gasteiger partial charge in [0.15, 0.2) is 5.82 Å². The highest BCUT2D eigenvalue weighted by Gasteiger charge is 2.18. The molecule has 27 heavy (non-hydrogen) atoms. The van der Waals surface area contributed by atoms with Gasteiger partial charge < -0.3 is 19.8 Å². The van der Waals surface area contributed by atoms with E-state index in [-0.39, 0.29) is 33.9 Å². The van der Waals surface area contributed by atoms with Crippen molar-refractivity contribution in [1.82, 2.24) is 9.97 Å². The zero-order valence-corrected chi connectivity index (χ0v) is 16.0. The molecule has 0 aliphatic carbocycles. The second-order valence-electron chi connectivity index (χ2n) is 5.45. The summed E-state index contributed by atoms with van der Waals surface area (Å²) in [5.41, 5.74) is 1.34. The van der Waals surface area contributed by atoms with Gasteiger partial charge in [0.1, 0.15) is 11.3 Å². The van der Waals surface area contributed by atoms with E-state index >= 15 is 0 Å². The Hall–Kier alpha value is -2.51. The molecular weight excluding hydrogens is 396 g/mol. The molecular formula is C18H16Cl2FN3O3. The van der Waals surface area contributed by atoms with Gasteiger partial charge in [-0.2, -0.15) is 0 Å². The Balaban J connectivity index is 2.02. The number of imidazole rings is 1. The van der Waals surface area contributed by atoms with Gasteiger partial charge in [0, 0.05) is 6.07 Å². The van der Waals surface area contributed by atoms with E-state index in [0.717, 1.165) is 0 Å². The smallest absolute Gasteiger partial charge is 0.341 e. The van der Waals surface area contributed by atoms with Crippen LogP contribution in [0.25, 0.3) is 11.0 Å². The third-order valence-corrected chi connectivity index (χ3v) is 4.27. The monoisotopic (exact) mass is 411 g/mol. The Morgan fingerprint density at radius 3 is 2.67 bits per heavy atom. The maximum Gasteiger partial charge on any atom is 0.341 e. The van der Waals surface area contributed by atoms with Crippen LogP contribution in [0.4, 0.5) is 16.0 Å². The van der Waals surface area contributed by atoms with Gasteiger partial charge in [-0.1, -0.05) is 23.2 Å². The van der Waals surface area contributed by atoms with E-state index in [9.17, 15) is 9.18 Å². The van der Waals surface area contributed by atoms with Gasteiger partial charge >= 0.3 is 5.97 Å². The third kappa shape index (κ3) is 3.94. The Kier molecular flexibility index (Phi) is 5.72. The minimum Gasteiger partial charge on any atom is -0.493 e. The average Bonchev–Trinajstić information content (AvgIpc) is 3.03. The molecule has 0 bridgehead atoms. The molecule has 0 aliphatic heterocycles. The van der Waals surface area contributed by atoms with Crippen LogP contribution in [0.3, 0.4) is 0 Å². The summed E-state index contributed by atoms with van der Waals surface area (Å²) in [6.45, 7) is 4.14. The summed E-state index contributed by atoms with van der Waals surface area (Å²) in [6, 6.07) is 6.03. The average molecular weight is 412 g/mol. The number of nitrogens with one attached hydrogen (secondary N) is 2. The molecule has 0 radical (unpaired) electrons. The van der Waals surface area contributed by atoms with E-state index in [1.807, 2.05) is 0 Å². The van der Waals surface area contributed by atoms with Crippen molar-refractivity contribution >= 4 is 51.8 Å². The van der Waals surface area contributed by atoms with Crippen LogP contribution < -0.4 is 10.1 Å². The van der Waals surface area contributed by atoms with Gasteiger partial charge in [-0.15, -0.1) is 0 Å². The first kappa shape index (κ1) is 19.3. The van der Waals surface area contributed by atoms with Crippen LogP contribution in [0.15, 0.2) is 24.3 Å². The summed E-state index contributed by atoms with van der Waals surface area (Å²) in [7, 11) is 0. The molecule has 6 nitrogen and oxygen atoms in total. The minimum absolute atomic E-state index is 0.00105. The van der Waals surface area contributed by atoms with Crippen molar-refractivity contribution in [3.8, 4) is 5.75 Å². The first-order chi connectivity index (χ1) is 12.9. The molecule has 2 aromatic carbocycles. The van der Waals surface area contributed by atoms with Crippen molar-refractivity contribution in [3.05, 3.63) is 45.7 Å². The highest BCUT2D eigenvalue weighted by molar-refractivity contribution is 6.35. The van der Waals surface area contributed by atoms with Crippen LogP contribution in [-0.4, -0.2) is 29.2 Å². The number of nitrogens with zero attached hydrogens (tertiary/aromatic N) is 1. The minimum atomic E-state index is -0.688. The molecule has 0 atom stereocenters. The van der Waals surface area contributed by atoms with Crippen LogP contribution in [0.5, 0.6) is 5.75 Å². The molecule has 0 saturated carbocycles. The first-order valence-corrected chi connectivity index (χ1v) is 8.94. The lowest BCUT2D eigenvalue weighted by Crippen LogP contribution is -2.07. The van der Waals surface area contributed by atoms with Gasteiger partial charge in [0.2, 0.25) is 5.95 Å². The predicted molar refractivity (Wildman–Crippen MR) is 103 cm³/mol. The second kappa shape index (κ2) is 8.02. The Morgan fingerprint density at radius 2 is 1.96 bits per heavy atom. The molecule has 142 valence electrons. The van der Waals surface area contributed by atoms with E-state index in [1.165, 1.54) is 12.1 Å². The van der Waals surface area contributed by atoms with Crippen molar-refractivity contribution in [3.63, 3.8) is 0 Å². The number of carbonyl (C=O) groups is 1. The molecule has 0 amide bonds. The van der Waals surface area contributed by atoms with E-state index in [0.29, 0.717) is 23.4 Å². The first-order valence-electron chi connectivity index (χ1n) is 8.18.